The number of ether oxygens (including phenoxy) is 1. The maximum Gasteiger partial charge on any atom is 0.0705 e. The van der Waals surface area contributed by atoms with E-state index in [0.717, 1.165) is 23.9 Å². The van der Waals surface area contributed by atoms with Crippen molar-refractivity contribution in [1.29, 1.82) is 0 Å². The van der Waals surface area contributed by atoms with Crippen LogP contribution in [0.2, 0.25) is 0 Å². The first-order valence-corrected chi connectivity index (χ1v) is 6.56. The molecular formula is C15H21N3O. The SMILES string of the molecule is COCCC(C)C(NN)c1ccnc2ccccc12. The summed E-state index contributed by atoms with van der Waals surface area (Å²) in [4.78, 5) is 4.39. The Balaban J connectivity index is 2.35. The summed E-state index contributed by atoms with van der Waals surface area (Å²) in [6.45, 7) is 2.92. The summed E-state index contributed by atoms with van der Waals surface area (Å²) in [5, 5.41) is 1.15. The highest BCUT2D eigenvalue weighted by atomic mass is 16.5. The molecule has 4 nitrogen and oxygen atoms in total. The van der Waals surface area contributed by atoms with E-state index < -0.39 is 0 Å². The first-order chi connectivity index (χ1) is 9.27. The fraction of sp³-hybridized carbons (Fsp3) is 0.400. The van der Waals surface area contributed by atoms with Crippen LogP contribution in [0.15, 0.2) is 36.5 Å². The van der Waals surface area contributed by atoms with Crippen LogP contribution >= 0.6 is 0 Å². The molecule has 0 bridgehead atoms. The smallest absolute Gasteiger partial charge is 0.0705 e. The number of hydrogen-bond acceptors (Lipinski definition) is 4. The van der Waals surface area contributed by atoms with Crippen LogP contribution < -0.4 is 11.3 Å². The topological polar surface area (TPSA) is 60.2 Å². The molecule has 2 aromatic rings. The van der Waals surface area contributed by atoms with Gasteiger partial charge in [0.05, 0.1) is 5.52 Å². The number of rotatable bonds is 6. The molecule has 4 heteroatoms. The molecule has 2 atom stereocenters. The number of methoxy groups -OCH3 is 1. The third-order valence-corrected chi connectivity index (χ3v) is 3.54. The Morgan fingerprint density at radius 3 is 2.84 bits per heavy atom. The summed E-state index contributed by atoms with van der Waals surface area (Å²) < 4.78 is 5.15. The summed E-state index contributed by atoms with van der Waals surface area (Å²) >= 11 is 0. The minimum Gasteiger partial charge on any atom is -0.385 e. The van der Waals surface area contributed by atoms with Crippen molar-refractivity contribution in [3.63, 3.8) is 0 Å². The van der Waals surface area contributed by atoms with Crippen LogP contribution in [-0.4, -0.2) is 18.7 Å². The van der Waals surface area contributed by atoms with Gasteiger partial charge in [-0.1, -0.05) is 25.1 Å². The lowest BCUT2D eigenvalue weighted by Crippen LogP contribution is -2.33. The van der Waals surface area contributed by atoms with Crippen molar-refractivity contribution >= 4 is 10.9 Å². The number of hydrogen-bond donors (Lipinski definition) is 2. The van der Waals surface area contributed by atoms with Crippen molar-refractivity contribution < 1.29 is 4.74 Å². The number of para-hydroxylation sites is 1. The first kappa shape index (κ1) is 13.9. The fourth-order valence-corrected chi connectivity index (χ4v) is 2.42. The average Bonchev–Trinajstić information content (AvgIpc) is 2.46. The van der Waals surface area contributed by atoms with Gasteiger partial charge in [0.2, 0.25) is 0 Å². The fourth-order valence-electron chi connectivity index (χ4n) is 2.42. The molecule has 0 aliphatic rings. The van der Waals surface area contributed by atoms with Crippen molar-refractivity contribution in [1.82, 2.24) is 10.4 Å². The van der Waals surface area contributed by atoms with Gasteiger partial charge in [-0.15, -0.1) is 0 Å². The second kappa shape index (κ2) is 6.61. The highest BCUT2D eigenvalue weighted by Crippen LogP contribution is 2.29. The first-order valence-electron chi connectivity index (χ1n) is 6.56. The number of pyridine rings is 1. The summed E-state index contributed by atoms with van der Waals surface area (Å²) in [5.41, 5.74) is 5.13. The Morgan fingerprint density at radius 2 is 2.11 bits per heavy atom. The molecule has 0 spiro atoms. The van der Waals surface area contributed by atoms with Gasteiger partial charge in [-0.05, 0) is 30.0 Å². The molecule has 0 amide bonds. The third kappa shape index (κ3) is 3.10. The molecule has 0 fully saturated rings. The molecule has 0 saturated carbocycles. The van der Waals surface area contributed by atoms with E-state index in [-0.39, 0.29) is 6.04 Å². The van der Waals surface area contributed by atoms with Crippen molar-refractivity contribution in [3.05, 3.63) is 42.1 Å². The molecule has 0 aliphatic heterocycles. The lowest BCUT2D eigenvalue weighted by atomic mass is 9.90. The van der Waals surface area contributed by atoms with E-state index in [4.69, 9.17) is 10.6 Å². The monoisotopic (exact) mass is 259 g/mol. The molecule has 3 N–H and O–H groups in total. The van der Waals surface area contributed by atoms with Crippen LogP contribution in [0, 0.1) is 5.92 Å². The van der Waals surface area contributed by atoms with Crippen LogP contribution in [-0.2, 0) is 4.74 Å². The number of fused-ring (bicyclic) bond motifs is 1. The maximum atomic E-state index is 5.76. The summed E-state index contributed by atoms with van der Waals surface area (Å²) in [5.74, 6) is 6.14. The van der Waals surface area contributed by atoms with Crippen LogP contribution in [0.1, 0.15) is 24.9 Å². The number of hydrazine groups is 1. The second-order valence-corrected chi connectivity index (χ2v) is 4.82. The minimum absolute atomic E-state index is 0.100. The quantitative estimate of drug-likeness (QED) is 0.618. The van der Waals surface area contributed by atoms with E-state index in [9.17, 15) is 0 Å². The van der Waals surface area contributed by atoms with Crippen LogP contribution in [0.3, 0.4) is 0 Å². The molecule has 1 heterocycles. The largest absolute Gasteiger partial charge is 0.385 e. The lowest BCUT2D eigenvalue weighted by molar-refractivity contribution is 0.170. The number of aromatic nitrogens is 1. The Bertz CT molecular complexity index is 524. The number of benzene rings is 1. The van der Waals surface area contributed by atoms with Gasteiger partial charge in [0, 0.05) is 31.3 Å². The van der Waals surface area contributed by atoms with Gasteiger partial charge in [0.15, 0.2) is 0 Å². The van der Waals surface area contributed by atoms with Gasteiger partial charge in [0.1, 0.15) is 0 Å². The highest BCUT2D eigenvalue weighted by Gasteiger charge is 2.19. The summed E-state index contributed by atoms with van der Waals surface area (Å²) in [7, 11) is 1.72. The molecule has 0 radical (unpaired) electrons. The van der Waals surface area contributed by atoms with Crippen LogP contribution in [0.5, 0.6) is 0 Å². The van der Waals surface area contributed by atoms with E-state index in [1.54, 1.807) is 7.11 Å². The molecule has 19 heavy (non-hydrogen) atoms. The summed E-state index contributed by atoms with van der Waals surface area (Å²) in [6.07, 6.45) is 2.80. The second-order valence-electron chi connectivity index (χ2n) is 4.82. The van der Waals surface area contributed by atoms with Crippen molar-refractivity contribution in [3.8, 4) is 0 Å². The standard InChI is InChI=1S/C15H21N3O/c1-11(8-10-19-2)15(18-16)13-7-9-17-14-6-4-3-5-12(13)14/h3-7,9,11,15,18H,8,10,16H2,1-2H3. The van der Waals surface area contributed by atoms with E-state index in [1.165, 1.54) is 5.56 Å². The zero-order valence-electron chi connectivity index (χ0n) is 11.5. The lowest BCUT2D eigenvalue weighted by Gasteiger charge is -2.24. The van der Waals surface area contributed by atoms with Gasteiger partial charge >= 0.3 is 0 Å². The average molecular weight is 259 g/mol. The maximum absolute atomic E-state index is 5.76. The van der Waals surface area contributed by atoms with Gasteiger partial charge in [0.25, 0.3) is 0 Å². The van der Waals surface area contributed by atoms with Crippen molar-refractivity contribution in [2.45, 2.75) is 19.4 Å². The minimum atomic E-state index is 0.100. The van der Waals surface area contributed by atoms with Crippen LogP contribution in [0.4, 0.5) is 0 Å². The highest BCUT2D eigenvalue weighted by molar-refractivity contribution is 5.82. The Labute approximate surface area is 113 Å². The van der Waals surface area contributed by atoms with E-state index in [2.05, 4.69) is 23.4 Å². The molecule has 0 aliphatic carbocycles. The molecule has 1 aromatic heterocycles. The zero-order valence-corrected chi connectivity index (χ0v) is 11.5. The molecule has 2 unspecified atom stereocenters. The molecule has 1 aromatic carbocycles. The van der Waals surface area contributed by atoms with E-state index in [0.29, 0.717) is 5.92 Å². The molecule has 2 rings (SSSR count). The Kier molecular flexibility index (Phi) is 4.85. The third-order valence-electron chi connectivity index (χ3n) is 3.54. The van der Waals surface area contributed by atoms with Gasteiger partial charge in [-0.2, -0.15) is 0 Å². The van der Waals surface area contributed by atoms with Crippen molar-refractivity contribution in [2.75, 3.05) is 13.7 Å². The predicted octanol–water partition coefficient (Wildman–Crippen LogP) is 2.41. The van der Waals surface area contributed by atoms with Gasteiger partial charge < -0.3 is 4.74 Å². The normalized spacial score (nSPS) is 14.5. The Hall–Kier alpha value is -1.49. The van der Waals surface area contributed by atoms with Gasteiger partial charge in [-0.25, -0.2) is 0 Å². The Morgan fingerprint density at radius 1 is 1.32 bits per heavy atom. The van der Waals surface area contributed by atoms with E-state index >= 15 is 0 Å². The van der Waals surface area contributed by atoms with E-state index in [1.807, 2.05) is 30.5 Å². The number of nitrogens with zero attached hydrogens (tertiary/aromatic N) is 1. The number of nitrogens with two attached hydrogens (primary N) is 1. The summed E-state index contributed by atoms with van der Waals surface area (Å²) in [6, 6.07) is 10.3. The number of nitrogens with one attached hydrogen (secondary N) is 1. The molecule has 102 valence electrons. The van der Waals surface area contributed by atoms with Crippen LogP contribution in [0.25, 0.3) is 10.9 Å². The predicted molar refractivity (Wildman–Crippen MR) is 77.5 cm³/mol. The van der Waals surface area contributed by atoms with Gasteiger partial charge in [-0.3, -0.25) is 16.3 Å². The molecular weight excluding hydrogens is 238 g/mol. The zero-order chi connectivity index (χ0) is 13.7. The molecule has 0 saturated heterocycles. The van der Waals surface area contributed by atoms with Crippen molar-refractivity contribution in [2.24, 2.45) is 11.8 Å².